The van der Waals surface area contributed by atoms with Gasteiger partial charge in [-0.3, -0.25) is 14.9 Å². The number of hydrogen-bond donors (Lipinski definition) is 1. The van der Waals surface area contributed by atoms with Gasteiger partial charge in [-0.1, -0.05) is 41.4 Å². The smallest absolute Gasteiger partial charge is 0.290 e. The van der Waals surface area contributed by atoms with E-state index in [1.807, 2.05) is 18.2 Å². The Morgan fingerprint density at radius 2 is 1.79 bits per heavy atom. The molecule has 0 spiro atoms. The maximum absolute atomic E-state index is 11.5. The van der Waals surface area contributed by atoms with Crippen molar-refractivity contribution in [2.45, 2.75) is 6.61 Å². The number of halogens is 2. The van der Waals surface area contributed by atoms with Gasteiger partial charge in [0, 0.05) is 0 Å². The zero-order valence-electron chi connectivity index (χ0n) is 12.2. The zero-order chi connectivity index (χ0) is 17.1. The number of carbonyl (C=O) groups is 2. The van der Waals surface area contributed by atoms with E-state index in [2.05, 4.69) is 5.32 Å². The number of thioether (sulfide) groups is 1. The van der Waals surface area contributed by atoms with Crippen molar-refractivity contribution in [3.8, 4) is 5.75 Å². The van der Waals surface area contributed by atoms with Crippen LogP contribution in [0.5, 0.6) is 5.75 Å². The van der Waals surface area contributed by atoms with Gasteiger partial charge in [0.05, 0.1) is 15.0 Å². The summed E-state index contributed by atoms with van der Waals surface area (Å²) in [6.07, 6.45) is 1.66. The highest BCUT2D eigenvalue weighted by molar-refractivity contribution is 8.18. The largest absolute Gasteiger partial charge is 0.489 e. The van der Waals surface area contributed by atoms with Gasteiger partial charge >= 0.3 is 0 Å². The molecule has 0 bridgehead atoms. The van der Waals surface area contributed by atoms with E-state index in [1.165, 1.54) is 0 Å². The summed E-state index contributed by atoms with van der Waals surface area (Å²) in [6, 6.07) is 12.5. The van der Waals surface area contributed by atoms with Gasteiger partial charge in [-0.05, 0) is 53.2 Å². The van der Waals surface area contributed by atoms with E-state index in [4.69, 9.17) is 27.9 Å². The lowest BCUT2D eigenvalue weighted by molar-refractivity contribution is -0.115. The predicted molar refractivity (Wildman–Crippen MR) is 96.3 cm³/mol. The summed E-state index contributed by atoms with van der Waals surface area (Å²) in [5.74, 6) is 0.313. The molecule has 122 valence electrons. The molecule has 1 aliphatic rings. The van der Waals surface area contributed by atoms with Crippen molar-refractivity contribution in [3.05, 3.63) is 68.5 Å². The van der Waals surface area contributed by atoms with E-state index in [-0.39, 0.29) is 11.1 Å². The maximum Gasteiger partial charge on any atom is 0.290 e. The first kappa shape index (κ1) is 16.9. The van der Waals surface area contributed by atoms with E-state index >= 15 is 0 Å². The molecule has 0 saturated carbocycles. The molecule has 24 heavy (non-hydrogen) atoms. The number of amides is 2. The fraction of sp³-hybridized carbons (Fsp3) is 0.0588. The Hall–Kier alpha value is -1.95. The monoisotopic (exact) mass is 379 g/mol. The van der Waals surface area contributed by atoms with Crippen molar-refractivity contribution in [2.24, 2.45) is 0 Å². The number of carbonyl (C=O) groups excluding carboxylic acids is 2. The summed E-state index contributed by atoms with van der Waals surface area (Å²) in [6.45, 7) is 0.365. The number of nitrogens with one attached hydrogen (secondary N) is 1. The van der Waals surface area contributed by atoms with Gasteiger partial charge in [0.2, 0.25) is 0 Å². The molecule has 2 aromatic rings. The average molecular weight is 380 g/mol. The molecule has 1 aliphatic heterocycles. The lowest BCUT2D eigenvalue weighted by Gasteiger charge is -2.07. The summed E-state index contributed by atoms with van der Waals surface area (Å²) >= 11 is 12.7. The highest BCUT2D eigenvalue weighted by Gasteiger charge is 2.24. The van der Waals surface area contributed by atoms with Crippen LogP contribution in [0.15, 0.2) is 47.4 Å². The molecule has 0 unspecified atom stereocenters. The standard InChI is InChI=1S/C17H11Cl2NO3S/c18-13-6-3-11(7-14(13)19)9-23-12-4-1-10(2-5-12)8-15-16(21)20-17(22)24-15/h1-8H,9H2,(H,20,21,22)/b15-8-. The van der Waals surface area contributed by atoms with Gasteiger partial charge in [-0.25, -0.2) is 0 Å². The van der Waals surface area contributed by atoms with Gasteiger partial charge in [0.15, 0.2) is 0 Å². The second-order valence-corrected chi connectivity index (χ2v) is 6.79. The summed E-state index contributed by atoms with van der Waals surface area (Å²) in [4.78, 5) is 23.0. The molecule has 3 rings (SSSR count). The van der Waals surface area contributed by atoms with E-state index in [0.717, 1.165) is 22.9 Å². The van der Waals surface area contributed by atoms with Gasteiger partial charge in [0.25, 0.3) is 11.1 Å². The van der Waals surface area contributed by atoms with Crippen molar-refractivity contribution in [2.75, 3.05) is 0 Å². The summed E-state index contributed by atoms with van der Waals surface area (Å²) in [5.41, 5.74) is 1.72. The van der Waals surface area contributed by atoms with Gasteiger partial charge < -0.3 is 4.74 Å². The molecule has 0 aromatic heterocycles. The van der Waals surface area contributed by atoms with Crippen LogP contribution in [0.3, 0.4) is 0 Å². The quantitative estimate of drug-likeness (QED) is 0.767. The van der Waals surface area contributed by atoms with E-state index in [1.54, 1.807) is 30.3 Å². The van der Waals surface area contributed by atoms with Crippen molar-refractivity contribution in [1.29, 1.82) is 0 Å². The third-order valence-electron chi connectivity index (χ3n) is 3.21. The van der Waals surface area contributed by atoms with Crippen LogP contribution >= 0.6 is 35.0 Å². The fourth-order valence-electron chi connectivity index (χ4n) is 2.03. The van der Waals surface area contributed by atoms with Crippen molar-refractivity contribution >= 4 is 52.2 Å². The first-order valence-corrected chi connectivity index (χ1v) is 8.50. The Labute approximate surface area is 152 Å². The Bertz CT molecular complexity index is 834. The number of imide groups is 1. The van der Waals surface area contributed by atoms with Gasteiger partial charge in [-0.15, -0.1) is 0 Å². The second kappa shape index (κ2) is 7.30. The minimum absolute atomic E-state index is 0.354. The van der Waals surface area contributed by atoms with E-state index in [9.17, 15) is 9.59 Å². The van der Waals surface area contributed by atoms with Gasteiger partial charge in [-0.2, -0.15) is 0 Å². The van der Waals surface area contributed by atoms with Crippen LogP contribution in [0, 0.1) is 0 Å². The number of rotatable bonds is 4. The van der Waals surface area contributed by atoms with Crippen LogP contribution in [0.2, 0.25) is 10.0 Å². The topological polar surface area (TPSA) is 55.4 Å². The molecular weight excluding hydrogens is 369 g/mol. The normalized spacial score (nSPS) is 15.7. The second-order valence-electron chi connectivity index (χ2n) is 4.96. The van der Waals surface area contributed by atoms with Crippen LogP contribution < -0.4 is 10.1 Å². The van der Waals surface area contributed by atoms with Crippen LogP contribution in [-0.2, 0) is 11.4 Å². The highest BCUT2D eigenvalue weighted by atomic mass is 35.5. The third-order valence-corrected chi connectivity index (χ3v) is 4.76. The Kier molecular flexibility index (Phi) is 5.14. The molecule has 1 N–H and O–H groups in total. The van der Waals surface area contributed by atoms with Crippen LogP contribution in [-0.4, -0.2) is 11.1 Å². The average Bonchev–Trinajstić information content (AvgIpc) is 2.87. The lowest BCUT2D eigenvalue weighted by Crippen LogP contribution is -2.17. The molecule has 0 aliphatic carbocycles. The Morgan fingerprint density at radius 3 is 2.42 bits per heavy atom. The number of ether oxygens (including phenoxy) is 1. The molecular formula is C17H11Cl2NO3S. The predicted octanol–water partition coefficient (Wildman–Crippen LogP) is 4.90. The summed E-state index contributed by atoms with van der Waals surface area (Å²) in [5, 5.41) is 2.86. The van der Waals surface area contributed by atoms with Crippen LogP contribution in [0.4, 0.5) is 4.79 Å². The van der Waals surface area contributed by atoms with Crippen LogP contribution in [0.25, 0.3) is 6.08 Å². The first-order chi connectivity index (χ1) is 11.5. The zero-order valence-corrected chi connectivity index (χ0v) is 14.5. The maximum atomic E-state index is 11.5. The molecule has 1 fully saturated rings. The van der Waals surface area contributed by atoms with E-state index in [0.29, 0.717) is 27.3 Å². The third kappa shape index (κ3) is 4.12. The minimum atomic E-state index is -0.370. The van der Waals surface area contributed by atoms with Crippen molar-refractivity contribution < 1.29 is 14.3 Å². The molecule has 2 aromatic carbocycles. The molecule has 1 heterocycles. The van der Waals surface area contributed by atoms with Crippen molar-refractivity contribution in [3.63, 3.8) is 0 Å². The number of hydrogen-bond acceptors (Lipinski definition) is 4. The number of benzene rings is 2. The van der Waals surface area contributed by atoms with Crippen molar-refractivity contribution in [1.82, 2.24) is 5.32 Å². The van der Waals surface area contributed by atoms with E-state index < -0.39 is 0 Å². The SMILES string of the molecule is O=C1NC(=O)/C(=C/c2ccc(OCc3ccc(Cl)c(Cl)c3)cc2)S1. The lowest BCUT2D eigenvalue weighted by atomic mass is 10.2. The molecule has 4 nitrogen and oxygen atoms in total. The summed E-state index contributed by atoms with van der Waals surface area (Å²) in [7, 11) is 0. The minimum Gasteiger partial charge on any atom is -0.489 e. The Balaban J connectivity index is 1.64. The molecule has 7 heteroatoms. The van der Waals surface area contributed by atoms with Crippen LogP contribution in [0.1, 0.15) is 11.1 Å². The molecule has 1 saturated heterocycles. The highest BCUT2D eigenvalue weighted by Crippen LogP contribution is 2.26. The fourth-order valence-corrected chi connectivity index (χ4v) is 3.03. The molecule has 0 atom stereocenters. The van der Waals surface area contributed by atoms with Gasteiger partial charge in [0.1, 0.15) is 12.4 Å². The molecule has 2 amide bonds. The first-order valence-electron chi connectivity index (χ1n) is 6.93. The Morgan fingerprint density at radius 1 is 1.04 bits per heavy atom. The molecule has 0 radical (unpaired) electrons. The summed E-state index contributed by atoms with van der Waals surface area (Å²) < 4.78 is 5.69.